The SMILES string of the molecule is O=C(c1ccc2nonc2c1)C1CCCCCN1. The number of fused-ring (bicyclic) bond motifs is 1. The van der Waals surface area contributed by atoms with Crippen molar-refractivity contribution < 1.29 is 9.42 Å². The average Bonchev–Trinajstić information content (AvgIpc) is 2.69. The summed E-state index contributed by atoms with van der Waals surface area (Å²) in [6, 6.07) is 5.25. The fourth-order valence-electron chi connectivity index (χ4n) is 2.39. The van der Waals surface area contributed by atoms with Gasteiger partial charge in [0.1, 0.15) is 11.0 Å². The third kappa shape index (κ3) is 2.13. The Morgan fingerprint density at radius 2 is 2.11 bits per heavy atom. The van der Waals surface area contributed by atoms with Crippen molar-refractivity contribution in [2.45, 2.75) is 31.7 Å². The van der Waals surface area contributed by atoms with Crippen LogP contribution < -0.4 is 5.32 Å². The highest BCUT2D eigenvalue weighted by atomic mass is 16.6. The lowest BCUT2D eigenvalue weighted by Crippen LogP contribution is -2.36. The summed E-state index contributed by atoms with van der Waals surface area (Å²) in [6.07, 6.45) is 4.37. The van der Waals surface area contributed by atoms with Crippen molar-refractivity contribution >= 4 is 16.8 Å². The molecule has 1 aliphatic heterocycles. The van der Waals surface area contributed by atoms with Crippen molar-refractivity contribution in [2.24, 2.45) is 0 Å². The van der Waals surface area contributed by atoms with Crippen LogP contribution in [0.2, 0.25) is 0 Å². The molecule has 0 radical (unpaired) electrons. The molecule has 1 aromatic carbocycles. The molecule has 0 bridgehead atoms. The molecule has 0 saturated carbocycles. The van der Waals surface area contributed by atoms with Gasteiger partial charge >= 0.3 is 0 Å². The molecule has 1 fully saturated rings. The number of nitrogens with zero attached hydrogens (tertiary/aromatic N) is 2. The summed E-state index contributed by atoms with van der Waals surface area (Å²) in [7, 11) is 0. The van der Waals surface area contributed by atoms with Crippen LogP contribution in [-0.2, 0) is 0 Å². The number of carbonyl (C=O) groups is 1. The number of hydrogen-bond donors (Lipinski definition) is 1. The van der Waals surface area contributed by atoms with Crippen molar-refractivity contribution in [1.29, 1.82) is 0 Å². The fraction of sp³-hybridized carbons (Fsp3) is 0.462. The van der Waals surface area contributed by atoms with Gasteiger partial charge in [-0.3, -0.25) is 4.79 Å². The predicted octanol–water partition coefficient (Wildman–Crippen LogP) is 1.94. The maximum absolute atomic E-state index is 12.4. The van der Waals surface area contributed by atoms with E-state index in [2.05, 4.69) is 20.3 Å². The number of hydrogen-bond acceptors (Lipinski definition) is 5. The minimum absolute atomic E-state index is 0.0650. The Hall–Kier alpha value is -1.75. The zero-order valence-electron chi connectivity index (χ0n) is 10.1. The third-order valence-electron chi connectivity index (χ3n) is 3.42. The van der Waals surface area contributed by atoms with E-state index < -0.39 is 0 Å². The molecule has 1 unspecified atom stereocenters. The van der Waals surface area contributed by atoms with E-state index in [1.54, 1.807) is 18.2 Å². The number of benzene rings is 1. The number of aromatic nitrogens is 2. The molecule has 18 heavy (non-hydrogen) atoms. The van der Waals surface area contributed by atoms with E-state index in [0.717, 1.165) is 25.8 Å². The van der Waals surface area contributed by atoms with Gasteiger partial charge in [0.05, 0.1) is 6.04 Å². The molecule has 2 heterocycles. The molecule has 1 N–H and O–H groups in total. The van der Waals surface area contributed by atoms with Crippen LogP contribution in [0.4, 0.5) is 0 Å². The van der Waals surface area contributed by atoms with Crippen LogP contribution in [-0.4, -0.2) is 28.7 Å². The minimum atomic E-state index is -0.0650. The zero-order valence-corrected chi connectivity index (χ0v) is 10.1. The number of Topliss-reactive ketones (excluding diaryl/α,β-unsaturated/α-hetero) is 1. The van der Waals surface area contributed by atoms with Gasteiger partial charge in [-0.25, -0.2) is 4.63 Å². The van der Waals surface area contributed by atoms with E-state index in [4.69, 9.17) is 0 Å². The van der Waals surface area contributed by atoms with E-state index >= 15 is 0 Å². The summed E-state index contributed by atoms with van der Waals surface area (Å²) in [5, 5.41) is 10.8. The average molecular weight is 245 g/mol. The van der Waals surface area contributed by atoms with Crippen LogP contribution in [0, 0.1) is 0 Å². The van der Waals surface area contributed by atoms with Gasteiger partial charge in [-0.05, 0) is 47.9 Å². The lowest BCUT2D eigenvalue weighted by Gasteiger charge is -2.14. The first-order valence-electron chi connectivity index (χ1n) is 6.34. The number of nitrogens with one attached hydrogen (secondary N) is 1. The van der Waals surface area contributed by atoms with Gasteiger partial charge in [0.25, 0.3) is 0 Å². The normalized spacial score (nSPS) is 20.8. The lowest BCUT2D eigenvalue weighted by molar-refractivity contribution is 0.0941. The van der Waals surface area contributed by atoms with Gasteiger partial charge < -0.3 is 5.32 Å². The zero-order chi connectivity index (χ0) is 12.4. The van der Waals surface area contributed by atoms with E-state index in [0.29, 0.717) is 16.6 Å². The Labute approximate surface area is 105 Å². The van der Waals surface area contributed by atoms with Crippen molar-refractivity contribution in [3.63, 3.8) is 0 Å². The molecular weight excluding hydrogens is 230 g/mol. The summed E-state index contributed by atoms with van der Waals surface area (Å²) >= 11 is 0. The minimum Gasteiger partial charge on any atom is -0.307 e. The quantitative estimate of drug-likeness (QED) is 0.819. The van der Waals surface area contributed by atoms with Crippen LogP contribution in [0.5, 0.6) is 0 Å². The molecule has 5 nitrogen and oxygen atoms in total. The molecule has 1 saturated heterocycles. The van der Waals surface area contributed by atoms with Gasteiger partial charge in [-0.2, -0.15) is 0 Å². The van der Waals surface area contributed by atoms with Gasteiger partial charge in [-0.15, -0.1) is 0 Å². The maximum atomic E-state index is 12.4. The van der Waals surface area contributed by atoms with E-state index in [1.165, 1.54) is 6.42 Å². The Morgan fingerprint density at radius 3 is 3.06 bits per heavy atom. The molecule has 2 aromatic rings. The van der Waals surface area contributed by atoms with Crippen molar-refractivity contribution in [3.8, 4) is 0 Å². The molecule has 3 rings (SSSR count). The van der Waals surface area contributed by atoms with E-state index in [1.807, 2.05) is 0 Å². The highest BCUT2D eigenvalue weighted by molar-refractivity contribution is 6.02. The standard InChI is InChI=1S/C13H15N3O2/c17-13(11-4-2-1-3-7-14-11)9-5-6-10-12(8-9)16-18-15-10/h5-6,8,11,14H,1-4,7H2. The Morgan fingerprint density at radius 1 is 1.22 bits per heavy atom. The first-order chi connectivity index (χ1) is 8.84. The first kappa shape index (κ1) is 11.3. The Bertz CT molecular complexity index is 556. The molecule has 1 aromatic heterocycles. The van der Waals surface area contributed by atoms with Crippen molar-refractivity contribution in [2.75, 3.05) is 6.54 Å². The number of rotatable bonds is 2. The van der Waals surface area contributed by atoms with Crippen LogP contribution in [0.1, 0.15) is 36.0 Å². The van der Waals surface area contributed by atoms with Gasteiger partial charge in [0.2, 0.25) is 0 Å². The molecule has 0 spiro atoms. The molecule has 1 aliphatic rings. The Kier molecular flexibility index (Phi) is 3.06. The van der Waals surface area contributed by atoms with Crippen molar-refractivity contribution in [3.05, 3.63) is 23.8 Å². The molecule has 0 amide bonds. The van der Waals surface area contributed by atoms with E-state index in [-0.39, 0.29) is 11.8 Å². The molecule has 94 valence electrons. The molecule has 0 aliphatic carbocycles. The van der Waals surface area contributed by atoms with Crippen molar-refractivity contribution in [1.82, 2.24) is 15.6 Å². The largest absolute Gasteiger partial charge is 0.307 e. The second-order valence-electron chi connectivity index (χ2n) is 4.69. The van der Waals surface area contributed by atoms with Crippen LogP contribution in [0.3, 0.4) is 0 Å². The van der Waals surface area contributed by atoms with Gasteiger partial charge in [0, 0.05) is 5.56 Å². The lowest BCUT2D eigenvalue weighted by atomic mass is 10.00. The molecule has 1 atom stereocenters. The number of carbonyl (C=O) groups excluding carboxylic acids is 1. The van der Waals surface area contributed by atoms with E-state index in [9.17, 15) is 4.79 Å². The highest BCUT2D eigenvalue weighted by Crippen LogP contribution is 2.16. The molecule has 5 heteroatoms. The summed E-state index contributed by atoms with van der Waals surface area (Å²) in [4.78, 5) is 12.4. The predicted molar refractivity (Wildman–Crippen MR) is 66.4 cm³/mol. The summed E-state index contributed by atoms with van der Waals surface area (Å²) in [5.74, 6) is 0.141. The summed E-state index contributed by atoms with van der Waals surface area (Å²) < 4.78 is 4.64. The topological polar surface area (TPSA) is 68.0 Å². The maximum Gasteiger partial charge on any atom is 0.179 e. The second kappa shape index (κ2) is 4.86. The first-order valence-corrected chi connectivity index (χ1v) is 6.34. The number of ketones is 1. The molecular formula is C13H15N3O2. The van der Waals surface area contributed by atoms with Gasteiger partial charge in [-0.1, -0.05) is 12.8 Å². The third-order valence-corrected chi connectivity index (χ3v) is 3.42. The smallest absolute Gasteiger partial charge is 0.179 e. The summed E-state index contributed by atoms with van der Waals surface area (Å²) in [5.41, 5.74) is 1.99. The fourth-order valence-corrected chi connectivity index (χ4v) is 2.39. The second-order valence-corrected chi connectivity index (χ2v) is 4.69. The highest BCUT2D eigenvalue weighted by Gasteiger charge is 2.21. The van der Waals surface area contributed by atoms with Crippen LogP contribution in [0.15, 0.2) is 22.8 Å². The van der Waals surface area contributed by atoms with Gasteiger partial charge in [0.15, 0.2) is 5.78 Å². The van der Waals surface area contributed by atoms with Crippen LogP contribution in [0.25, 0.3) is 11.0 Å². The summed E-state index contributed by atoms with van der Waals surface area (Å²) in [6.45, 7) is 0.921. The monoisotopic (exact) mass is 245 g/mol. The Balaban J connectivity index is 1.85. The van der Waals surface area contributed by atoms with Crippen LogP contribution >= 0.6 is 0 Å².